The molecule has 0 atom stereocenters. The molecule has 1 heterocycles. The summed E-state index contributed by atoms with van der Waals surface area (Å²) in [6.07, 6.45) is 4.79. The Morgan fingerprint density at radius 1 is 1.13 bits per heavy atom. The zero-order chi connectivity index (χ0) is 16.4. The fourth-order valence-electron chi connectivity index (χ4n) is 3.19. The van der Waals surface area contributed by atoms with Gasteiger partial charge in [-0.1, -0.05) is 28.4 Å². The van der Waals surface area contributed by atoms with Crippen LogP contribution in [0, 0.1) is 18.8 Å². The summed E-state index contributed by atoms with van der Waals surface area (Å²) in [6, 6.07) is 5.84. The van der Waals surface area contributed by atoms with Crippen molar-refractivity contribution < 1.29 is 9.59 Å². The number of likely N-dealkylation sites (tertiary alicyclic amines) is 1. The van der Waals surface area contributed by atoms with Crippen LogP contribution in [-0.2, 0) is 9.59 Å². The molecule has 0 spiro atoms. The molecule has 1 saturated heterocycles. The van der Waals surface area contributed by atoms with E-state index < -0.39 is 0 Å². The number of amides is 2. The van der Waals surface area contributed by atoms with Gasteiger partial charge in [0.25, 0.3) is 0 Å². The smallest absolute Gasteiger partial charge is 0.227 e. The number of nitrogens with zero attached hydrogens (tertiary/aromatic N) is 1. The number of hydrogen-bond acceptors (Lipinski definition) is 2. The van der Waals surface area contributed by atoms with E-state index in [0.717, 1.165) is 41.4 Å². The van der Waals surface area contributed by atoms with Gasteiger partial charge in [-0.05, 0) is 50.3 Å². The van der Waals surface area contributed by atoms with E-state index in [1.807, 2.05) is 30.0 Å². The van der Waals surface area contributed by atoms with Crippen molar-refractivity contribution in [2.24, 2.45) is 11.8 Å². The Balaban J connectivity index is 1.51. The molecule has 2 aliphatic rings. The molecule has 2 amide bonds. The van der Waals surface area contributed by atoms with Crippen molar-refractivity contribution in [2.45, 2.75) is 39.0 Å². The van der Waals surface area contributed by atoms with Crippen molar-refractivity contribution >= 4 is 33.4 Å². The molecule has 4 nitrogen and oxygen atoms in total. The molecule has 1 aliphatic heterocycles. The van der Waals surface area contributed by atoms with Crippen LogP contribution in [0.1, 0.15) is 37.7 Å². The number of aryl methyl sites for hydroxylation is 1. The second-order valence-corrected chi connectivity index (χ2v) is 7.53. The normalized spacial score (nSPS) is 19.3. The Bertz CT molecular complexity index is 605. The predicted octanol–water partition coefficient (Wildman–Crippen LogP) is 3.73. The molecule has 1 saturated carbocycles. The molecule has 1 aromatic rings. The number of piperidine rings is 1. The van der Waals surface area contributed by atoms with Crippen molar-refractivity contribution in [1.82, 2.24) is 4.90 Å². The van der Waals surface area contributed by atoms with Gasteiger partial charge in [0.15, 0.2) is 0 Å². The minimum atomic E-state index is 0.000481. The monoisotopic (exact) mass is 378 g/mol. The first kappa shape index (κ1) is 16.5. The third kappa shape index (κ3) is 3.77. The van der Waals surface area contributed by atoms with Crippen LogP contribution in [0.15, 0.2) is 22.7 Å². The van der Waals surface area contributed by atoms with Gasteiger partial charge in [-0.15, -0.1) is 0 Å². The quantitative estimate of drug-likeness (QED) is 0.870. The van der Waals surface area contributed by atoms with Crippen LogP contribution in [0.2, 0.25) is 0 Å². The Morgan fingerprint density at radius 3 is 2.39 bits per heavy atom. The van der Waals surface area contributed by atoms with Crippen LogP contribution in [0.4, 0.5) is 5.69 Å². The maximum atomic E-state index is 12.4. The molecule has 124 valence electrons. The molecule has 0 aromatic heterocycles. The standard InChI is InChI=1S/C18H23BrN2O2/c1-12-5-6-15(11-16(12)19)20-17(22)13-7-9-21(10-8-13)18(23)14-3-2-4-14/h5-6,11,13-14H,2-4,7-10H2,1H3,(H,20,22). The van der Waals surface area contributed by atoms with E-state index in [-0.39, 0.29) is 17.7 Å². The van der Waals surface area contributed by atoms with E-state index in [4.69, 9.17) is 0 Å². The lowest BCUT2D eigenvalue weighted by molar-refractivity contribution is -0.140. The maximum absolute atomic E-state index is 12.4. The average molecular weight is 379 g/mol. The molecular weight excluding hydrogens is 356 g/mol. The largest absolute Gasteiger partial charge is 0.342 e. The van der Waals surface area contributed by atoms with Crippen LogP contribution in [0.3, 0.4) is 0 Å². The van der Waals surface area contributed by atoms with Crippen LogP contribution in [0.25, 0.3) is 0 Å². The number of anilines is 1. The average Bonchev–Trinajstić information content (AvgIpc) is 2.49. The first-order valence-electron chi connectivity index (χ1n) is 8.40. The highest BCUT2D eigenvalue weighted by molar-refractivity contribution is 9.10. The summed E-state index contributed by atoms with van der Waals surface area (Å²) in [4.78, 5) is 26.6. The van der Waals surface area contributed by atoms with Gasteiger partial charge in [0, 0.05) is 35.1 Å². The Labute approximate surface area is 145 Å². The fourth-order valence-corrected chi connectivity index (χ4v) is 3.57. The van der Waals surface area contributed by atoms with Gasteiger partial charge in [-0.25, -0.2) is 0 Å². The molecule has 5 heteroatoms. The Hall–Kier alpha value is -1.36. The zero-order valence-electron chi connectivity index (χ0n) is 13.5. The lowest BCUT2D eigenvalue weighted by atomic mass is 9.83. The van der Waals surface area contributed by atoms with Crippen LogP contribution in [-0.4, -0.2) is 29.8 Å². The van der Waals surface area contributed by atoms with E-state index in [1.165, 1.54) is 6.42 Å². The lowest BCUT2D eigenvalue weighted by Crippen LogP contribution is -2.45. The summed E-state index contributed by atoms with van der Waals surface area (Å²) in [7, 11) is 0. The SMILES string of the molecule is Cc1ccc(NC(=O)C2CCN(C(=O)C3CCC3)CC2)cc1Br. The molecule has 1 N–H and O–H groups in total. The number of nitrogens with one attached hydrogen (secondary N) is 1. The first-order valence-corrected chi connectivity index (χ1v) is 9.19. The van der Waals surface area contributed by atoms with Crippen LogP contribution in [0.5, 0.6) is 0 Å². The van der Waals surface area contributed by atoms with E-state index in [9.17, 15) is 9.59 Å². The number of carbonyl (C=O) groups excluding carboxylic acids is 2. The number of carbonyl (C=O) groups is 2. The molecular formula is C18H23BrN2O2. The number of rotatable bonds is 3. The van der Waals surface area contributed by atoms with Gasteiger partial charge < -0.3 is 10.2 Å². The van der Waals surface area contributed by atoms with Crippen LogP contribution < -0.4 is 5.32 Å². The maximum Gasteiger partial charge on any atom is 0.227 e. The highest BCUT2D eigenvalue weighted by Crippen LogP contribution is 2.30. The van der Waals surface area contributed by atoms with Crippen LogP contribution >= 0.6 is 15.9 Å². The van der Waals surface area contributed by atoms with Crippen molar-refractivity contribution in [1.29, 1.82) is 0 Å². The summed E-state index contributed by atoms with van der Waals surface area (Å²) in [6.45, 7) is 3.44. The van der Waals surface area contributed by atoms with Gasteiger partial charge in [-0.3, -0.25) is 9.59 Å². The van der Waals surface area contributed by atoms with Crippen molar-refractivity contribution in [2.75, 3.05) is 18.4 Å². The van der Waals surface area contributed by atoms with E-state index >= 15 is 0 Å². The van der Waals surface area contributed by atoms with Crippen molar-refractivity contribution in [3.8, 4) is 0 Å². The molecule has 0 bridgehead atoms. The third-order valence-electron chi connectivity index (χ3n) is 5.07. The molecule has 23 heavy (non-hydrogen) atoms. The summed E-state index contributed by atoms with van der Waals surface area (Å²) in [5, 5.41) is 3.00. The Morgan fingerprint density at radius 2 is 1.83 bits per heavy atom. The topological polar surface area (TPSA) is 49.4 Å². The lowest BCUT2D eigenvalue weighted by Gasteiger charge is -2.36. The highest BCUT2D eigenvalue weighted by atomic mass is 79.9. The molecule has 2 fully saturated rings. The summed E-state index contributed by atoms with van der Waals surface area (Å²) in [5.74, 6) is 0.625. The Kier molecular flexibility index (Phi) is 5.05. The van der Waals surface area contributed by atoms with Gasteiger partial charge in [0.05, 0.1) is 0 Å². The fraction of sp³-hybridized carbons (Fsp3) is 0.556. The molecule has 3 rings (SSSR count). The molecule has 0 radical (unpaired) electrons. The third-order valence-corrected chi connectivity index (χ3v) is 5.93. The number of hydrogen-bond donors (Lipinski definition) is 1. The molecule has 1 aliphatic carbocycles. The van der Waals surface area contributed by atoms with Crippen molar-refractivity contribution in [3.63, 3.8) is 0 Å². The number of benzene rings is 1. The van der Waals surface area contributed by atoms with Gasteiger partial charge in [-0.2, -0.15) is 0 Å². The second kappa shape index (κ2) is 7.04. The van der Waals surface area contributed by atoms with Gasteiger partial charge in [0.2, 0.25) is 11.8 Å². The van der Waals surface area contributed by atoms with Gasteiger partial charge >= 0.3 is 0 Å². The summed E-state index contributed by atoms with van der Waals surface area (Å²) < 4.78 is 0.996. The van der Waals surface area contributed by atoms with E-state index in [1.54, 1.807) is 0 Å². The second-order valence-electron chi connectivity index (χ2n) is 6.68. The predicted molar refractivity (Wildman–Crippen MR) is 94.2 cm³/mol. The summed E-state index contributed by atoms with van der Waals surface area (Å²) in [5.41, 5.74) is 1.96. The number of halogens is 1. The zero-order valence-corrected chi connectivity index (χ0v) is 15.1. The van der Waals surface area contributed by atoms with E-state index in [2.05, 4.69) is 21.2 Å². The van der Waals surface area contributed by atoms with Gasteiger partial charge in [0.1, 0.15) is 0 Å². The molecule has 1 aromatic carbocycles. The minimum absolute atomic E-state index is 0.000481. The summed E-state index contributed by atoms with van der Waals surface area (Å²) >= 11 is 3.49. The van der Waals surface area contributed by atoms with Crippen molar-refractivity contribution in [3.05, 3.63) is 28.2 Å². The minimum Gasteiger partial charge on any atom is -0.342 e. The highest BCUT2D eigenvalue weighted by Gasteiger charge is 2.33. The van der Waals surface area contributed by atoms with E-state index in [0.29, 0.717) is 19.0 Å². The molecule has 0 unspecified atom stereocenters. The first-order chi connectivity index (χ1) is 11.0.